The maximum absolute atomic E-state index is 11.7. The van der Waals surface area contributed by atoms with Gasteiger partial charge in [-0.05, 0) is 90.3 Å². The van der Waals surface area contributed by atoms with Gasteiger partial charge in [-0.3, -0.25) is 4.79 Å². The number of aryl methyl sites for hydroxylation is 3. The largest absolute Gasteiger partial charge is 0.494 e. The number of esters is 1. The number of methoxy groups -OCH3 is 1. The van der Waals surface area contributed by atoms with E-state index in [1.807, 2.05) is 18.2 Å². The maximum atomic E-state index is 11.7. The molecule has 1 aliphatic heterocycles. The van der Waals surface area contributed by atoms with Crippen LogP contribution in [-0.2, 0) is 38.8 Å². The van der Waals surface area contributed by atoms with Crippen molar-refractivity contribution in [2.45, 2.75) is 51.6 Å². The predicted molar refractivity (Wildman–Crippen MR) is 154 cm³/mol. The summed E-state index contributed by atoms with van der Waals surface area (Å²) in [7, 11) is -1.59. The first-order valence-corrected chi connectivity index (χ1v) is 15.8. The summed E-state index contributed by atoms with van der Waals surface area (Å²) in [4.78, 5) is 11.7. The van der Waals surface area contributed by atoms with Gasteiger partial charge in [-0.1, -0.05) is 18.2 Å². The SMILES string of the molecule is COC(=O)C[C@@H]1COc2cc(OCc3ccc4c(c3)-c3c(C)cc(OCCCS(C)(=O)=O)cc3CCC4)ccc21. The molecule has 7 nitrogen and oxygen atoms in total. The Labute approximate surface area is 236 Å². The van der Waals surface area contributed by atoms with E-state index in [1.54, 1.807) is 0 Å². The summed E-state index contributed by atoms with van der Waals surface area (Å²) in [6.45, 7) is 3.37. The standard InChI is InChI=1S/C32H36O7S/c1-21-14-27(37-12-5-13-40(3,34)35)16-24-7-4-6-23-9-8-22(15-29(23)32(21)24)19-38-26-10-11-28-25(17-31(33)36-2)20-39-30(28)18-26/h8-11,14-16,18,25H,4-7,12-13,17,19-20H2,1-3H3/t25-/m1/s1. The van der Waals surface area contributed by atoms with Crippen molar-refractivity contribution in [3.63, 3.8) is 0 Å². The monoisotopic (exact) mass is 564 g/mol. The first-order chi connectivity index (χ1) is 19.2. The second-order valence-electron chi connectivity index (χ2n) is 10.7. The van der Waals surface area contributed by atoms with Crippen molar-refractivity contribution in [1.82, 2.24) is 0 Å². The van der Waals surface area contributed by atoms with E-state index in [2.05, 4.69) is 37.3 Å². The number of hydrogen-bond donors (Lipinski definition) is 0. The van der Waals surface area contributed by atoms with Crippen molar-refractivity contribution in [3.05, 3.63) is 76.3 Å². The first-order valence-electron chi connectivity index (χ1n) is 13.7. The fourth-order valence-electron chi connectivity index (χ4n) is 5.60. The Balaban J connectivity index is 1.29. The topological polar surface area (TPSA) is 88.1 Å². The third-order valence-electron chi connectivity index (χ3n) is 7.57. The summed E-state index contributed by atoms with van der Waals surface area (Å²) in [6.07, 6.45) is 5.05. The number of rotatable bonds is 10. The van der Waals surface area contributed by atoms with Crippen LogP contribution in [0.15, 0.2) is 48.5 Å². The highest BCUT2D eigenvalue weighted by Gasteiger charge is 2.27. The number of carbonyl (C=O) groups excluding carboxylic acids is 1. The number of hydrogen-bond acceptors (Lipinski definition) is 7. The van der Waals surface area contributed by atoms with Gasteiger partial charge in [0, 0.05) is 23.8 Å². The molecule has 0 saturated carbocycles. The number of ether oxygens (including phenoxy) is 4. The van der Waals surface area contributed by atoms with Crippen LogP contribution in [0.1, 0.15) is 53.0 Å². The summed E-state index contributed by atoms with van der Waals surface area (Å²) < 4.78 is 45.5. The van der Waals surface area contributed by atoms with Crippen LogP contribution < -0.4 is 14.2 Å². The molecule has 8 heteroatoms. The van der Waals surface area contributed by atoms with Crippen LogP contribution in [0.5, 0.6) is 17.2 Å². The van der Waals surface area contributed by atoms with Gasteiger partial charge in [0.15, 0.2) is 0 Å². The third-order valence-corrected chi connectivity index (χ3v) is 8.60. The van der Waals surface area contributed by atoms with E-state index in [-0.39, 0.29) is 17.6 Å². The number of sulfone groups is 1. The summed E-state index contributed by atoms with van der Waals surface area (Å²) >= 11 is 0. The summed E-state index contributed by atoms with van der Waals surface area (Å²) in [6, 6.07) is 16.5. The van der Waals surface area contributed by atoms with E-state index < -0.39 is 9.84 Å². The lowest BCUT2D eigenvalue weighted by Gasteiger charge is -2.17. The molecule has 0 aromatic heterocycles. The molecule has 0 unspecified atom stereocenters. The maximum Gasteiger partial charge on any atom is 0.306 e. The van der Waals surface area contributed by atoms with Gasteiger partial charge < -0.3 is 18.9 Å². The lowest BCUT2D eigenvalue weighted by molar-refractivity contribution is -0.141. The minimum atomic E-state index is -2.99. The molecule has 0 fully saturated rings. The minimum Gasteiger partial charge on any atom is -0.494 e. The van der Waals surface area contributed by atoms with Crippen LogP contribution in [0.4, 0.5) is 0 Å². The summed E-state index contributed by atoms with van der Waals surface area (Å²) in [5.74, 6) is 2.16. The molecular formula is C32H36O7S. The average molecular weight is 565 g/mol. The summed E-state index contributed by atoms with van der Waals surface area (Å²) in [5, 5.41) is 0. The van der Waals surface area contributed by atoms with Crippen LogP contribution >= 0.6 is 0 Å². The fraction of sp³-hybridized carbons (Fsp3) is 0.406. The molecule has 1 atom stereocenters. The molecule has 40 heavy (non-hydrogen) atoms. The second-order valence-corrected chi connectivity index (χ2v) is 13.0. The molecule has 0 amide bonds. The molecule has 5 rings (SSSR count). The Kier molecular flexibility index (Phi) is 8.35. The molecule has 212 valence electrons. The van der Waals surface area contributed by atoms with Crippen molar-refractivity contribution in [2.75, 3.05) is 32.3 Å². The Morgan fingerprint density at radius 2 is 1.82 bits per heavy atom. The number of benzene rings is 3. The van der Waals surface area contributed by atoms with Crippen LogP contribution in [0, 0.1) is 6.92 Å². The lowest BCUT2D eigenvalue weighted by atomic mass is 9.91. The molecular weight excluding hydrogens is 528 g/mol. The van der Waals surface area contributed by atoms with Gasteiger partial charge in [-0.2, -0.15) is 0 Å². The van der Waals surface area contributed by atoms with Gasteiger partial charge in [0.25, 0.3) is 0 Å². The number of carbonyl (C=O) groups is 1. The molecule has 0 radical (unpaired) electrons. The van der Waals surface area contributed by atoms with Gasteiger partial charge in [-0.25, -0.2) is 8.42 Å². The van der Waals surface area contributed by atoms with Crippen molar-refractivity contribution in [3.8, 4) is 28.4 Å². The van der Waals surface area contributed by atoms with Gasteiger partial charge in [0.1, 0.15) is 33.7 Å². The zero-order valence-electron chi connectivity index (χ0n) is 23.3. The normalized spacial score (nSPS) is 15.7. The van der Waals surface area contributed by atoms with Crippen LogP contribution in [0.3, 0.4) is 0 Å². The third kappa shape index (κ3) is 6.61. The quantitative estimate of drug-likeness (QED) is 0.235. The average Bonchev–Trinajstić information content (AvgIpc) is 3.21. The highest BCUT2D eigenvalue weighted by Crippen LogP contribution is 2.40. The first kappa shape index (κ1) is 28.0. The Morgan fingerprint density at radius 1 is 1.00 bits per heavy atom. The van der Waals surface area contributed by atoms with Crippen LogP contribution in [0.25, 0.3) is 11.1 Å². The van der Waals surface area contributed by atoms with E-state index in [1.165, 1.54) is 35.6 Å². The van der Waals surface area contributed by atoms with Crippen LogP contribution in [0.2, 0.25) is 0 Å². The van der Waals surface area contributed by atoms with Crippen LogP contribution in [-0.4, -0.2) is 46.7 Å². The Morgan fingerprint density at radius 3 is 2.62 bits per heavy atom. The minimum absolute atomic E-state index is 0.00258. The highest BCUT2D eigenvalue weighted by atomic mass is 32.2. The van der Waals surface area contributed by atoms with E-state index >= 15 is 0 Å². The van der Waals surface area contributed by atoms with E-state index in [0.29, 0.717) is 32.7 Å². The number of fused-ring (bicyclic) bond motifs is 4. The van der Waals surface area contributed by atoms with Crippen molar-refractivity contribution in [1.29, 1.82) is 0 Å². The van der Waals surface area contributed by atoms with Gasteiger partial charge in [-0.15, -0.1) is 0 Å². The van der Waals surface area contributed by atoms with E-state index in [9.17, 15) is 13.2 Å². The molecule has 2 aliphatic rings. The zero-order valence-corrected chi connectivity index (χ0v) is 24.1. The van der Waals surface area contributed by atoms with E-state index in [4.69, 9.17) is 18.9 Å². The molecule has 0 saturated heterocycles. The second kappa shape index (κ2) is 11.9. The molecule has 1 aliphatic carbocycles. The molecule has 1 heterocycles. The van der Waals surface area contributed by atoms with Crippen molar-refractivity contribution >= 4 is 15.8 Å². The predicted octanol–water partition coefficient (Wildman–Crippen LogP) is 5.58. The van der Waals surface area contributed by atoms with Gasteiger partial charge >= 0.3 is 5.97 Å². The lowest BCUT2D eigenvalue weighted by Crippen LogP contribution is -2.09. The Bertz CT molecular complexity index is 1510. The summed E-state index contributed by atoms with van der Waals surface area (Å²) in [5.41, 5.74) is 8.31. The van der Waals surface area contributed by atoms with Gasteiger partial charge in [0.05, 0.1) is 32.5 Å². The molecule has 0 bridgehead atoms. The zero-order chi connectivity index (χ0) is 28.3. The Hall–Kier alpha value is -3.52. The fourth-order valence-corrected chi connectivity index (χ4v) is 6.24. The highest BCUT2D eigenvalue weighted by molar-refractivity contribution is 7.90. The van der Waals surface area contributed by atoms with Crippen molar-refractivity contribution in [2.24, 2.45) is 0 Å². The van der Waals surface area contributed by atoms with Crippen molar-refractivity contribution < 1.29 is 32.2 Å². The van der Waals surface area contributed by atoms with Gasteiger partial charge in [0.2, 0.25) is 0 Å². The molecule has 3 aromatic carbocycles. The molecule has 3 aromatic rings. The molecule has 0 N–H and O–H groups in total. The molecule has 0 spiro atoms. The smallest absolute Gasteiger partial charge is 0.306 e. The van der Waals surface area contributed by atoms with E-state index in [0.717, 1.165) is 53.2 Å².